The summed E-state index contributed by atoms with van der Waals surface area (Å²) >= 11 is 0. The third kappa shape index (κ3) is 5.09. The van der Waals surface area contributed by atoms with E-state index >= 15 is 0 Å². The Morgan fingerprint density at radius 2 is 1.92 bits per heavy atom. The van der Waals surface area contributed by atoms with Crippen molar-refractivity contribution < 1.29 is 14.4 Å². The van der Waals surface area contributed by atoms with Crippen LogP contribution in [0.4, 0.5) is 10.5 Å². The van der Waals surface area contributed by atoms with Crippen LogP contribution in [0.25, 0.3) is 0 Å². The second-order valence-corrected chi connectivity index (χ2v) is 5.01. The first kappa shape index (κ1) is 16.9. The van der Waals surface area contributed by atoms with Crippen molar-refractivity contribution in [3.8, 4) is 0 Å². The number of H-pyrrole nitrogens is 1. The third-order valence-corrected chi connectivity index (χ3v) is 3.13. The maximum atomic E-state index is 12.0. The maximum Gasteiger partial charge on any atom is 0.319 e. The number of nitrogens with two attached hydrogens (primary N) is 1. The molecule has 5 N–H and O–H groups in total. The second-order valence-electron chi connectivity index (χ2n) is 5.01. The molecule has 4 amide bonds. The number of rotatable bonds is 5. The van der Waals surface area contributed by atoms with E-state index in [1.807, 2.05) is 5.32 Å². The minimum atomic E-state index is -0.949. The molecule has 0 radical (unpaired) electrons. The summed E-state index contributed by atoms with van der Waals surface area (Å²) < 4.78 is 0. The zero-order valence-electron chi connectivity index (χ0n) is 12.7. The summed E-state index contributed by atoms with van der Waals surface area (Å²) in [6.07, 6.45) is 2.23. The highest BCUT2D eigenvalue weighted by Gasteiger charge is 2.09. The number of carbonyl (C=O) groups is 3. The highest BCUT2D eigenvalue weighted by molar-refractivity contribution is 6.04. The lowest BCUT2D eigenvalue weighted by atomic mass is 10.1. The minimum Gasteiger partial charge on any atom is -0.351 e. The van der Waals surface area contributed by atoms with Crippen molar-refractivity contribution in [2.45, 2.75) is 12.8 Å². The summed E-state index contributed by atoms with van der Waals surface area (Å²) in [7, 11) is 0. The lowest BCUT2D eigenvalue weighted by molar-refractivity contribution is -0.116. The van der Waals surface area contributed by atoms with Crippen molar-refractivity contribution >= 4 is 23.5 Å². The quantitative estimate of drug-likeness (QED) is 0.644. The SMILES string of the molecule is NC(=O)NC(=O)c1cccc(NC(=O)CCc2ccc(=O)[nH]c2)c1. The number of aromatic amines is 1. The van der Waals surface area contributed by atoms with Gasteiger partial charge in [0.15, 0.2) is 0 Å². The molecule has 1 aromatic heterocycles. The van der Waals surface area contributed by atoms with Crippen LogP contribution in [0.15, 0.2) is 47.4 Å². The van der Waals surface area contributed by atoms with E-state index in [4.69, 9.17) is 5.73 Å². The van der Waals surface area contributed by atoms with Gasteiger partial charge in [-0.25, -0.2) is 4.79 Å². The predicted molar refractivity (Wildman–Crippen MR) is 87.5 cm³/mol. The van der Waals surface area contributed by atoms with Crippen LogP contribution in [0.5, 0.6) is 0 Å². The molecule has 0 fully saturated rings. The van der Waals surface area contributed by atoms with Gasteiger partial charge in [0, 0.05) is 29.9 Å². The van der Waals surface area contributed by atoms with Crippen molar-refractivity contribution in [2.24, 2.45) is 5.73 Å². The van der Waals surface area contributed by atoms with Gasteiger partial charge in [-0.2, -0.15) is 0 Å². The Morgan fingerprint density at radius 1 is 1.12 bits per heavy atom. The van der Waals surface area contributed by atoms with Crippen LogP contribution in [0, 0.1) is 0 Å². The third-order valence-electron chi connectivity index (χ3n) is 3.13. The number of hydrogen-bond acceptors (Lipinski definition) is 4. The molecule has 1 heterocycles. The van der Waals surface area contributed by atoms with Gasteiger partial charge >= 0.3 is 6.03 Å². The van der Waals surface area contributed by atoms with E-state index in [9.17, 15) is 19.2 Å². The van der Waals surface area contributed by atoms with Crippen LogP contribution in [0.1, 0.15) is 22.3 Å². The monoisotopic (exact) mass is 328 g/mol. The summed E-state index contributed by atoms with van der Waals surface area (Å²) in [6.45, 7) is 0. The van der Waals surface area contributed by atoms with Gasteiger partial charge in [-0.05, 0) is 30.2 Å². The maximum absolute atomic E-state index is 12.0. The van der Waals surface area contributed by atoms with E-state index < -0.39 is 11.9 Å². The number of aromatic nitrogens is 1. The van der Waals surface area contributed by atoms with Crippen LogP contribution < -0.4 is 21.9 Å². The first-order valence-electron chi connectivity index (χ1n) is 7.12. The normalized spacial score (nSPS) is 10.0. The fourth-order valence-electron chi connectivity index (χ4n) is 2.00. The van der Waals surface area contributed by atoms with Crippen LogP contribution in [0.2, 0.25) is 0 Å². The molecule has 0 aliphatic heterocycles. The Labute approximate surface area is 137 Å². The molecular formula is C16H16N4O4. The number of pyridine rings is 1. The first-order chi connectivity index (χ1) is 11.4. The Bertz CT molecular complexity index is 808. The van der Waals surface area contributed by atoms with Gasteiger partial charge in [-0.1, -0.05) is 12.1 Å². The molecule has 124 valence electrons. The summed E-state index contributed by atoms with van der Waals surface area (Å²) in [5.74, 6) is -0.888. The van der Waals surface area contributed by atoms with Gasteiger partial charge in [0.1, 0.15) is 0 Å². The predicted octanol–water partition coefficient (Wildman–Crippen LogP) is 0.755. The molecule has 0 unspecified atom stereocenters. The number of imide groups is 1. The zero-order chi connectivity index (χ0) is 17.5. The number of urea groups is 1. The molecule has 0 saturated heterocycles. The molecule has 1 aromatic carbocycles. The summed E-state index contributed by atoms with van der Waals surface area (Å²) in [6, 6.07) is 8.24. The Hall–Kier alpha value is -3.42. The number of aryl methyl sites for hydroxylation is 1. The Balaban J connectivity index is 1.93. The molecule has 8 nitrogen and oxygen atoms in total. The van der Waals surface area contributed by atoms with E-state index in [-0.39, 0.29) is 23.5 Å². The van der Waals surface area contributed by atoms with Crippen LogP contribution >= 0.6 is 0 Å². The van der Waals surface area contributed by atoms with Gasteiger partial charge in [0.05, 0.1) is 0 Å². The van der Waals surface area contributed by atoms with Gasteiger partial charge in [-0.15, -0.1) is 0 Å². The van der Waals surface area contributed by atoms with Crippen molar-refractivity contribution in [3.05, 3.63) is 64.1 Å². The fourth-order valence-corrected chi connectivity index (χ4v) is 2.00. The highest BCUT2D eigenvalue weighted by Crippen LogP contribution is 2.11. The molecule has 2 rings (SSSR count). The molecule has 2 aromatic rings. The molecular weight excluding hydrogens is 312 g/mol. The van der Waals surface area contributed by atoms with Crippen molar-refractivity contribution in [2.75, 3.05) is 5.32 Å². The molecule has 0 spiro atoms. The van der Waals surface area contributed by atoms with Crippen molar-refractivity contribution in [3.63, 3.8) is 0 Å². The number of hydrogen-bond donors (Lipinski definition) is 4. The topological polar surface area (TPSA) is 134 Å². The number of nitrogens with one attached hydrogen (secondary N) is 3. The van der Waals surface area contributed by atoms with Gasteiger partial charge in [0.2, 0.25) is 11.5 Å². The van der Waals surface area contributed by atoms with Crippen LogP contribution in [0.3, 0.4) is 0 Å². The number of amides is 4. The van der Waals surface area contributed by atoms with E-state index in [1.165, 1.54) is 18.2 Å². The minimum absolute atomic E-state index is 0.200. The van der Waals surface area contributed by atoms with Gasteiger partial charge < -0.3 is 16.0 Å². The first-order valence-corrected chi connectivity index (χ1v) is 7.12. The Kier molecular flexibility index (Phi) is 5.45. The smallest absolute Gasteiger partial charge is 0.319 e. The standard InChI is InChI=1S/C16H16N4O4/c17-16(24)20-15(23)11-2-1-3-12(8-11)19-14(22)7-5-10-4-6-13(21)18-9-10/h1-4,6,8-9H,5,7H2,(H,18,21)(H,19,22)(H3,17,20,23,24). The zero-order valence-corrected chi connectivity index (χ0v) is 12.7. The number of primary amides is 1. The fraction of sp³-hybridized carbons (Fsp3) is 0.125. The summed E-state index contributed by atoms with van der Waals surface area (Å²) in [4.78, 5) is 47.8. The van der Waals surface area contributed by atoms with Crippen LogP contribution in [-0.4, -0.2) is 22.8 Å². The molecule has 0 bridgehead atoms. The highest BCUT2D eigenvalue weighted by atomic mass is 16.2. The Morgan fingerprint density at radius 3 is 2.58 bits per heavy atom. The van der Waals surface area contributed by atoms with E-state index in [0.717, 1.165) is 5.56 Å². The number of carbonyl (C=O) groups excluding carboxylic acids is 3. The number of benzene rings is 1. The molecule has 0 atom stereocenters. The average Bonchev–Trinajstić information content (AvgIpc) is 2.54. The molecule has 0 aliphatic rings. The molecule has 0 aliphatic carbocycles. The summed E-state index contributed by atoms with van der Waals surface area (Å²) in [5, 5.41) is 4.61. The molecule has 24 heavy (non-hydrogen) atoms. The van der Waals surface area contributed by atoms with Crippen molar-refractivity contribution in [1.82, 2.24) is 10.3 Å². The van der Waals surface area contributed by atoms with E-state index in [2.05, 4.69) is 10.3 Å². The number of anilines is 1. The van der Waals surface area contributed by atoms with Gasteiger partial charge in [0.25, 0.3) is 5.91 Å². The molecule has 0 saturated carbocycles. The lowest BCUT2D eigenvalue weighted by Gasteiger charge is -2.07. The van der Waals surface area contributed by atoms with E-state index in [1.54, 1.807) is 24.4 Å². The average molecular weight is 328 g/mol. The lowest BCUT2D eigenvalue weighted by Crippen LogP contribution is -2.34. The van der Waals surface area contributed by atoms with Crippen molar-refractivity contribution in [1.29, 1.82) is 0 Å². The summed E-state index contributed by atoms with van der Waals surface area (Å²) in [5.41, 5.74) is 6.15. The second kappa shape index (κ2) is 7.73. The van der Waals surface area contributed by atoms with E-state index in [0.29, 0.717) is 12.1 Å². The largest absolute Gasteiger partial charge is 0.351 e. The molecule has 8 heteroatoms. The van der Waals surface area contributed by atoms with Gasteiger partial charge in [-0.3, -0.25) is 19.7 Å². The van der Waals surface area contributed by atoms with Crippen LogP contribution in [-0.2, 0) is 11.2 Å².